The Bertz CT molecular complexity index is 990. The maximum atomic E-state index is 13.5. The summed E-state index contributed by atoms with van der Waals surface area (Å²) >= 11 is 1.04. The number of rotatable bonds is 8. The molecule has 0 radical (unpaired) electrons. The third kappa shape index (κ3) is 5.47. The highest BCUT2D eigenvalue weighted by Gasteiger charge is 2.37. The molecular weight excluding hydrogens is 443 g/mol. The number of likely N-dealkylation sites (tertiary alicyclic amines) is 1. The quantitative estimate of drug-likeness (QED) is 0.408. The van der Waals surface area contributed by atoms with Crippen LogP contribution in [0.2, 0.25) is 0 Å². The average Bonchev–Trinajstić information content (AvgIpc) is 3.30. The van der Waals surface area contributed by atoms with E-state index < -0.39 is 16.7 Å². The zero-order valence-electron chi connectivity index (χ0n) is 17.4. The van der Waals surface area contributed by atoms with Gasteiger partial charge in [-0.05, 0) is 42.9 Å². The number of alkyl halides is 3. The van der Waals surface area contributed by atoms with Crippen molar-refractivity contribution >= 4 is 22.2 Å². The second-order valence-corrected chi connectivity index (χ2v) is 9.68. The highest BCUT2D eigenvalue weighted by Crippen LogP contribution is 2.35. The Kier molecular flexibility index (Phi) is 6.52. The number of amides is 1. The molecule has 2 aliphatic rings. The zero-order chi connectivity index (χ0) is 22.9. The molecule has 32 heavy (non-hydrogen) atoms. The maximum absolute atomic E-state index is 13.5. The number of benzene rings is 1. The number of thiophene rings is 1. The van der Waals surface area contributed by atoms with Crippen LogP contribution in [-0.4, -0.2) is 40.3 Å². The van der Waals surface area contributed by atoms with Crippen molar-refractivity contribution in [2.75, 3.05) is 19.6 Å². The minimum atomic E-state index is -4.45. The van der Waals surface area contributed by atoms with Gasteiger partial charge in [0.15, 0.2) is 0 Å². The Labute approximate surface area is 187 Å². The molecule has 1 aliphatic carbocycles. The number of halogens is 3. The van der Waals surface area contributed by atoms with E-state index in [1.54, 1.807) is 12.1 Å². The fraction of sp³-hybridized carbons (Fsp3) is 0.500. The van der Waals surface area contributed by atoms with Gasteiger partial charge >= 0.3 is 11.2 Å². The molecular formula is C22H24F3N3O3S. The van der Waals surface area contributed by atoms with Crippen LogP contribution < -0.4 is 0 Å². The summed E-state index contributed by atoms with van der Waals surface area (Å²) in [4.78, 5) is 27.4. The molecule has 172 valence electrons. The summed E-state index contributed by atoms with van der Waals surface area (Å²) in [6, 6.07) is 8.60. The van der Waals surface area contributed by atoms with Gasteiger partial charge in [-0.3, -0.25) is 19.8 Å². The van der Waals surface area contributed by atoms with Gasteiger partial charge in [-0.25, -0.2) is 0 Å². The molecule has 2 fully saturated rings. The highest BCUT2D eigenvalue weighted by molar-refractivity contribution is 7.15. The van der Waals surface area contributed by atoms with E-state index in [0.29, 0.717) is 26.2 Å². The molecule has 10 heteroatoms. The zero-order valence-corrected chi connectivity index (χ0v) is 18.2. The lowest BCUT2D eigenvalue weighted by Gasteiger charge is -2.26. The Morgan fingerprint density at radius 2 is 1.91 bits per heavy atom. The first-order chi connectivity index (χ1) is 15.2. The average molecular weight is 468 g/mol. The van der Waals surface area contributed by atoms with E-state index in [2.05, 4.69) is 0 Å². The van der Waals surface area contributed by atoms with Crippen LogP contribution in [0.3, 0.4) is 0 Å². The second-order valence-electron chi connectivity index (χ2n) is 8.53. The third-order valence-electron chi connectivity index (χ3n) is 5.96. The summed E-state index contributed by atoms with van der Waals surface area (Å²) in [6.07, 6.45) is -1.76. The normalized spacial score (nSPS) is 19.0. The Balaban J connectivity index is 1.50. The summed E-state index contributed by atoms with van der Waals surface area (Å²) in [5, 5.41) is 11.0. The Hall–Kier alpha value is -2.46. The van der Waals surface area contributed by atoms with Gasteiger partial charge in [0, 0.05) is 49.6 Å². The van der Waals surface area contributed by atoms with Crippen LogP contribution in [0.5, 0.6) is 0 Å². The molecule has 1 saturated carbocycles. The van der Waals surface area contributed by atoms with Crippen LogP contribution >= 0.6 is 11.3 Å². The van der Waals surface area contributed by atoms with Crippen LogP contribution in [-0.2, 0) is 24.1 Å². The summed E-state index contributed by atoms with van der Waals surface area (Å²) in [7, 11) is 0. The summed E-state index contributed by atoms with van der Waals surface area (Å²) in [5.74, 6) is 0.497. The first-order valence-corrected chi connectivity index (χ1v) is 11.4. The lowest BCUT2D eigenvalue weighted by atomic mass is 10.0. The number of carbonyl (C=O) groups is 1. The van der Waals surface area contributed by atoms with E-state index >= 15 is 0 Å². The standard InChI is InChI=1S/C22H24F3N3O3S/c23-22(24,25)19-4-2-1-3-17(19)13-26(14-18-7-8-20(32-18)28(30)31)11-15-9-10-27(12-15)21(29)16-5-6-16/h1-4,7-8,15-16H,5-6,9-14H2. The molecule has 1 aromatic heterocycles. The monoisotopic (exact) mass is 467 g/mol. The van der Waals surface area contributed by atoms with Crippen molar-refractivity contribution in [1.82, 2.24) is 9.80 Å². The van der Waals surface area contributed by atoms with E-state index in [1.807, 2.05) is 9.80 Å². The van der Waals surface area contributed by atoms with Crippen LogP contribution in [0.15, 0.2) is 36.4 Å². The van der Waals surface area contributed by atoms with Gasteiger partial charge in [0.25, 0.3) is 0 Å². The number of nitro groups is 1. The summed E-state index contributed by atoms with van der Waals surface area (Å²) in [6.45, 7) is 2.20. The van der Waals surface area contributed by atoms with Gasteiger partial charge in [-0.2, -0.15) is 13.2 Å². The molecule has 1 aliphatic heterocycles. The fourth-order valence-electron chi connectivity index (χ4n) is 4.27. The number of hydrogen-bond acceptors (Lipinski definition) is 5. The first kappa shape index (κ1) is 22.7. The number of nitrogens with zero attached hydrogens (tertiary/aromatic N) is 3. The lowest BCUT2D eigenvalue weighted by molar-refractivity contribution is -0.380. The van der Waals surface area contributed by atoms with Crippen LogP contribution in [0.4, 0.5) is 18.2 Å². The molecule has 4 rings (SSSR count). The van der Waals surface area contributed by atoms with Gasteiger partial charge in [-0.1, -0.05) is 29.5 Å². The van der Waals surface area contributed by atoms with Crippen molar-refractivity contribution in [2.45, 2.75) is 38.5 Å². The van der Waals surface area contributed by atoms with Crippen LogP contribution in [0, 0.1) is 22.0 Å². The van der Waals surface area contributed by atoms with Crippen molar-refractivity contribution in [3.05, 3.63) is 62.5 Å². The maximum Gasteiger partial charge on any atom is 0.416 e. The van der Waals surface area contributed by atoms with Gasteiger partial charge in [-0.15, -0.1) is 0 Å². The predicted octanol–water partition coefficient (Wildman–Crippen LogP) is 4.94. The smallest absolute Gasteiger partial charge is 0.342 e. The van der Waals surface area contributed by atoms with Crippen LogP contribution in [0.25, 0.3) is 0 Å². The van der Waals surface area contributed by atoms with Gasteiger partial charge in [0.1, 0.15) is 0 Å². The van der Waals surface area contributed by atoms with E-state index in [0.717, 1.165) is 41.5 Å². The Morgan fingerprint density at radius 3 is 2.56 bits per heavy atom. The molecule has 2 heterocycles. The van der Waals surface area contributed by atoms with E-state index in [9.17, 15) is 28.1 Å². The molecule has 2 aromatic rings. The lowest BCUT2D eigenvalue weighted by Crippen LogP contribution is -2.33. The predicted molar refractivity (Wildman–Crippen MR) is 114 cm³/mol. The topological polar surface area (TPSA) is 66.7 Å². The molecule has 1 atom stereocenters. The van der Waals surface area contributed by atoms with E-state index in [1.165, 1.54) is 18.2 Å². The van der Waals surface area contributed by atoms with Crippen molar-refractivity contribution in [3.63, 3.8) is 0 Å². The van der Waals surface area contributed by atoms with Crippen molar-refractivity contribution in [3.8, 4) is 0 Å². The minimum absolute atomic E-state index is 0.0118. The highest BCUT2D eigenvalue weighted by atomic mass is 32.1. The molecule has 0 spiro atoms. The molecule has 1 unspecified atom stereocenters. The fourth-order valence-corrected chi connectivity index (χ4v) is 5.13. The van der Waals surface area contributed by atoms with Gasteiger partial charge < -0.3 is 4.90 Å². The van der Waals surface area contributed by atoms with Crippen LogP contribution in [0.1, 0.15) is 35.3 Å². The molecule has 6 nitrogen and oxygen atoms in total. The Morgan fingerprint density at radius 1 is 1.16 bits per heavy atom. The van der Waals surface area contributed by atoms with Crippen molar-refractivity contribution in [1.29, 1.82) is 0 Å². The molecule has 0 bridgehead atoms. The van der Waals surface area contributed by atoms with Gasteiger partial charge in [0.05, 0.1) is 10.5 Å². The third-order valence-corrected chi connectivity index (χ3v) is 6.99. The number of carbonyl (C=O) groups excluding carboxylic acids is 1. The molecule has 1 aromatic carbocycles. The first-order valence-electron chi connectivity index (χ1n) is 10.6. The summed E-state index contributed by atoms with van der Waals surface area (Å²) in [5.41, 5.74) is -0.492. The minimum Gasteiger partial charge on any atom is -0.342 e. The molecule has 1 saturated heterocycles. The summed E-state index contributed by atoms with van der Waals surface area (Å²) < 4.78 is 40.5. The molecule has 0 N–H and O–H groups in total. The second kappa shape index (κ2) is 9.19. The largest absolute Gasteiger partial charge is 0.416 e. The SMILES string of the molecule is O=C(C1CC1)N1CCC(CN(Cc2ccc([N+](=O)[O-])s2)Cc2ccccc2C(F)(F)F)C1. The number of hydrogen-bond donors (Lipinski definition) is 0. The van der Waals surface area contributed by atoms with Crippen molar-refractivity contribution in [2.24, 2.45) is 11.8 Å². The van der Waals surface area contributed by atoms with Crippen molar-refractivity contribution < 1.29 is 22.9 Å². The van der Waals surface area contributed by atoms with E-state index in [4.69, 9.17) is 0 Å². The van der Waals surface area contributed by atoms with E-state index in [-0.39, 0.29) is 34.9 Å². The molecule has 1 amide bonds. The van der Waals surface area contributed by atoms with Gasteiger partial charge in [0.2, 0.25) is 5.91 Å².